The number of nitrogens with one attached hydrogen (secondary N) is 1. The molecule has 2 aromatic rings. The van der Waals surface area contributed by atoms with E-state index in [4.69, 9.17) is 5.73 Å². The Hall–Kier alpha value is -1.81. The Labute approximate surface area is 127 Å². The highest BCUT2D eigenvalue weighted by Gasteiger charge is 2.34. The molecule has 0 aliphatic carbocycles. The molecule has 2 aromatic carbocycles. The lowest BCUT2D eigenvalue weighted by atomic mass is 9.87. The fraction of sp³-hybridized carbons (Fsp3) is 0.188. The summed E-state index contributed by atoms with van der Waals surface area (Å²) < 4.78 is 0.986. The zero-order chi connectivity index (χ0) is 14.8. The van der Waals surface area contributed by atoms with Gasteiger partial charge in [0, 0.05) is 10.2 Å². The monoisotopic (exact) mass is 332 g/mol. The average Bonchev–Trinajstić information content (AvgIpc) is 2.41. The third-order valence-corrected chi connectivity index (χ3v) is 3.94. The van der Waals surface area contributed by atoms with Gasteiger partial charge in [-0.05, 0) is 49.2 Å². The molecule has 2 rings (SSSR count). The number of anilines is 1. The second kappa shape index (κ2) is 5.67. The first-order chi connectivity index (χ1) is 9.43. The van der Waals surface area contributed by atoms with Gasteiger partial charge in [0.1, 0.15) is 5.54 Å². The molecule has 1 amide bonds. The molecule has 0 aromatic heterocycles. The van der Waals surface area contributed by atoms with Gasteiger partial charge in [-0.3, -0.25) is 4.79 Å². The van der Waals surface area contributed by atoms with Crippen molar-refractivity contribution in [2.75, 3.05) is 5.32 Å². The predicted molar refractivity (Wildman–Crippen MR) is 85.5 cm³/mol. The summed E-state index contributed by atoms with van der Waals surface area (Å²) in [7, 11) is 0. The van der Waals surface area contributed by atoms with Crippen molar-refractivity contribution >= 4 is 27.5 Å². The van der Waals surface area contributed by atoms with Gasteiger partial charge in [-0.2, -0.15) is 0 Å². The lowest BCUT2D eigenvalue weighted by Crippen LogP contribution is -2.45. The smallest absolute Gasteiger partial charge is 0.247 e. The van der Waals surface area contributed by atoms with E-state index in [0.717, 1.165) is 21.3 Å². The Morgan fingerprint density at radius 2 is 1.75 bits per heavy atom. The Morgan fingerprint density at radius 3 is 2.30 bits per heavy atom. The second-order valence-corrected chi connectivity index (χ2v) is 5.85. The third kappa shape index (κ3) is 2.85. The lowest BCUT2D eigenvalue weighted by Gasteiger charge is -2.30. The van der Waals surface area contributed by atoms with Crippen molar-refractivity contribution in [2.24, 2.45) is 5.73 Å². The minimum Gasteiger partial charge on any atom is -0.368 e. The van der Waals surface area contributed by atoms with E-state index in [1.807, 2.05) is 55.5 Å². The molecule has 0 saturated carbocycles. The number of halogens is 1. The van der Waals surface area contributed by atoms with Crippen LogP contribution in [0.5, 0.6) is 0 Å². The molecule has 0 aliphatic rings. The van der Waals surface area contributed by atoms with E-state index in [-0.39, 0.29) is 0 Å². The number of rotatable bonds is 4. The Bertz CT molecular complexity index is 625. The summed E-state index contributed by atoms with van der Waals surface area (Å²) in [4.78, 5) is 12.0. The molecule has 0 fully saturated rings. The summed E-state index contributed by atoms with van der Waals surface area (Å²) in [5.74, 6) is -0.408. The van der Waals surface area contributed by atoms with Gasteiger partial charge < -0.3 is 11.1 Å². The molecule has 0 radical (unpaired) electrons. The number of aryl methyl sites for hydroxylation is 1. The van der Waals surface area contributed by atoms with Gasteiger partial charge in [0.2, 0.25) is 5.91 Å². The van der Waals surface area contributed by atoms with Gasteiger partial charge in [-0.15, -0.1) is 0 Å². The van der Waals surface area contributed by atoms with Crippen molar-refractivity contribution in [3.63, 3.8) is 0 Å². The van der Waals surface area contributed by atoms with E-state index in [2.05, 4.69) is 21.2 Å². The number of hydrogen-bond donors (Lipinski definition) is 2. The van der Waals surface area contributed by atoms with E-state index in [1.54, 1.807) is 6.92 Å². The molecule has 3 nitrogen and oxygen atoms in total. The molecule has 0 saturated heterocycles. The van der Waals surface area contributed by atoms with Crippen LogP contribution < -0.4 is 11.1 Å². The van der Waals surface area contributed by atoms with Crippen molar-refractivity contribution in [3.8, 4) is 0 Å². The van der Waals surface area contributed by atoms with Crippen LogP contribution in [0, 0.1) is 6.92 Å². The summed E-state index contributed by atoms with van der Waals surface area (Å²) in [6.07, 6.45) is 0. The highest BCUT2D eigenvalue weighted by atomic mass is 79.9. The lowest BCUT2D eigenvalue weighted by molar-refractivity contribution is -0.122. The van der Waals surface area contributed by atoms with Gasteiger partial charge in [0.05, 0.1) is 0 Å². The number of carbonyl (C=O) groups excluding carboxylic acids is 1. The van der Waals surface area contributed by atoms with Crippen molar-refractivity contribution in [1.82, 2.24) is 0 Å². The highest BCUT2D eigenvalue weighted by Crippen LogP contribution is 2.29. The Balaban J connectivity index is 2.43. The average molecular weight is 333 g/mol. The predicted octanol–water partition coefficient (Wildman–Crippen LogP) is 3.57. The highest BCUT2D eigenvalue weighted by molar-refractivity contribution is 9.10. The van der Waals surface area contributed by atoms with Crippen LogP contribution in [0.1, 0.15) is 18.1 Å². The van der Waals surface area contributed by atoms with Crippen molar-refractivity contribution in [3.05, 3.63) is 64.1 Å². The van der Waals surface area contributed by atoms with Crippen LogP contribution in [0.4, 0.5) is 5.69 Å². The minimum atomic E-state index is -0.945. The van der Waals surface area contributed by atoms with Crippen molar-refractivity contribution in [2.45, 2.75) is 19.4 Å². The van der Waals surface area contributed by atoms with E-state index >= 15 is 0 Å². The third-order valence-electron chi connectivity index (χ3n) is 3.42. The van der Waals surface area contributed by atoms with Crippen molar-refractivity contribution in [1.29, 1.82) is 0 Å². The van der Waals surface area contributed by atoms with E-state index in [1.165, 1.54) is 0 Å². The normalized spacial score (nSPS) is 13.6. The maximum atomic E-state index is 12.0. The fourth-order valence-corrected chi connectivity index (χ4v) is 2.48. The van der Waals surface area contributed by atoms with E-state index in [0.29, 0.717) is 0 Å². The Kier molecular flexibility index (Phi) is 4.14. The van der Waals surface area contributed by atoms with Crippen LogP contribution in [0.3, 0.4) is 0 Å². The van der Waals surface area contributed by atoms with Crippen molar-refractivity contribution < 1.29 is 4.79 Å². The van der Waals surface area contributed by atoms with Gasteiger partial charge in [-0.25, -0.2) is 0 Å². The molecule has 4 heteroatoms. The summed E-state index contributed by atoms with van der Waals surface area (Å²) in [5.41, 5.74) is 7.45. The van der Waals surface area contributed by atoms with Gasteiger partial charge in [0.15, 0.2) is 0 Å². The van der Waals surface area contributed by atoms with Crippen LogP contribution >= 0.6 is 15.9 Å². The van der Waals surface area contributed by atoms with Crippen LogP contribution in [0.25, 0.3) is 0 Å². The van der Waals surface area contributed by atoms with E-state index < -0.39 is 11.4 Å². The zero-order valence-electron chi connectivity index (χ0n) is 11.5. The van der Waals surface area contributed by atoms with Crippen LogP contribution in [0.15, 0.2) is 53.0 Å². The first-order valence-electron chi connectivity index (χ1n) is 6.33. The first kappa shape index (κ1) is 14.6. The molecule has 1 atom stereocenters. The quantitative estimate of drug-likeness (QED) is 0.899. The molecule has 0 bridgehead atoms. The number of benzene rings is 2. The summed E-state index contributed by atoms with van der Waals surface area (Å²) in [5, 5.41) is 3.24. The molecular formula is C16H17BrN2O. The van der Waals surface area contributed by atoms with Gasteiger partial charge >= 0.3 is 0 Å². The Morgan fingerprint density at radius 1 is 1.15 bits per heavy atom. The largest absolute Gasteiger partial charge is 0.368 e. The second-order valence-electron chi connectivity index (χ2n) is 4.94. The molecule has 20 heavy (non-hydrogen) atoms. The molecule has 3 N–H and O–H groups in total. The fourth-order valence-electron chi connectivity index (χ4n) is 2.22. The zero-order valence-corrected chi connectivity index (χ0v) is 13.1. The molecule has 0 aliphatic heterocycles. The number of primary amides is 1. The molecule has 104 valence electrons. The number of amides is 1. The molecular weight excluding hydrogens is 316 g/mol. The minimum absolute atomic E-state index is 0.408. The summed E-state index contributed by atoms with van der Waals surface area (Å²) >= 11 is 3.39. The van der Waals surface area contributed by atoms with E-state index in [9.17, 15) is 4.79 Å². The van der Waals surface area contributed by atoms with Crippen LogP contribution in [0.2, 0.25) is 0 Å². The maximum Gasteiger partial charge on any atom is 0.247 e. The SMILES string of the molecule is Cc1ccccc1C(C)(Nc1ccc(Br)cc1)C(N)=O. The first-order valence-corrected chi connectivity index (χ1v) is 7.12. The van der Waals surface area contributed by atoms with Gasteiger partial charge in [0.25, 0.3) is 0 Å². The van der Waals surface area contributed by atoms with Gasteiger partial charge in [-0.1, -0.05) is 40.2 Å². The standard InChI is InChI=1S/C16H17BrN2O/c1-11-5-3-4-6-14(11)16(2,15(18)20)19-13-9-7-12(17)8-10-13/h3-10,19H,1-2H3,(H2,18,20). The summed E-state index contributed by atoms with van der Waals surface area (Å²) in [6, 6.07) is 15.4. The summed E-state index contributed by atoms with van der Waals surface area (Å²) in [6.45, 7) is 3.78. The number of carbonyl (C=O) groups is 1. The number of hydrogen-bond acceptors (Lipinski definition) is 2. The molecule has 1 unspecified atom stereocenters. The topological polar surface area (TPSA) is 55.1 Å². The van der Waals surface area contributed by atoms with Crippen LogP contribution in [-0.4, -0.2) is 5.91 Å². The molecule has 0 heterocycles. The number of nitrogens with two attached hydrogens (primary N) is 1. The van der Waals surface area contributed by atoms with Crippen LogP contribution in [-0.2, 0) is 10.3 Å². The molecule has 0 spiro atoms. The maximum absolute atomic E-state index is 12.0.